The van der Waals surface area contributed by atoms with Gasteiger partial charge in [-0.15, -0.1) is 0 Å². The Balaban J connectivity index is 1.68. The number of rotatable bonds is 5. The Morgan fingerprint density at radius 1 is 1.26 bits per heavy atom. The van der Waals surface area contributed by atoms with Crippen LogP contribution in [0, 0.1) is 11.8 Å². The zero-order valence-electron chi connectivity index (χ0n) is 13.8. The Morgan fingerprint density at radius 3 is 2.61 bits per heavy atom. The van der Waals surface area contributed by atoms with E-state index in [2.05, 4.69) is 16.3 Å². The van der Waals surface area contributed by atoms with Crippen molar-refractivity contribution < 1.29 is 9.90 Å². The molecule has 1 saturated heterocycles. The maximum Gasteiger partial charge on any atom is 0.248 e. The van der Waals surface area contributed by atoms with E-state index in [1.807, 2.05) is 25.1 Å². The first-order valence-corrected chi connectivity index (χ1v) is 8.61. The summed E-state index contributed by atoms with van der Waals surface area (Å²) in [7, 11) is 0. The minimum absolute atomic E-state index is 0.0351. The maximum absolute atomic E-state index is 12.2. The minimum Gasteiger partial charge on any atom is -0.396 e. The van der Waals surface area contributed by atoms with Crippen molar-refractivity contribution in [3.8, 4) is 0 Å². The normalized spacial score (nSPS) is 19.7. The lowest BCUT2D eigenvalue weighted by molar-refractivity contribution is -0.112. The monoisotopic (exact) mass is 314 g/mol. The van der Waals surface area contributed by atoms with Gasteiger partial charge in [-0.2, -0.15) is 0 Å². The van der Waals surface area contributed by atoms with Crippen LogP contribution in [-0.2, 0) is 4.79 Å². The number of piperidine rings is 1. The average molecular weight is 314 g/mol. The molecule has 0 radical (unpaired) electrons. The number of hydrogen-bond acceptors (Lipinski definition) is 3. The van der Waals surface area contributed by atoms with E-state index < -0.39 is 0 Å². The van der Waals surface area contributed by atoms with Crippen LogP contribution < -0.4 is 10.2 Å². The molecule has 4 nitrogen and oxygen atoms in total. The summed E-state index contributed by atoms with van der Waals surface area (Å²) in [6, 6.07) is 7.99. The zero-order valence-corrected chi connectivity index (χ0v) is 13.8. The first-order valence-electron chi connectivity index (χ1n) is 8.61. The number of allylic oxidation sites excluding steroid dienone is 1. The Morgan fingerprint density at radius 2 is 1.96 bits per heavy atom. The Kier molecular flexibility index (Phi) is 5.01. The molecule has 1 aromatic rings. The Hall–Kier alpha value is -1.81. The SMILES string of the molecule is CC(=CC(=O)Nc1ccccc1N1CCC(CO)CC1)C1CC1. The average Bonchev–Trinajstić information content (AvgIpc) is 3.40. The van der Waals surface area contributed by atoms with Crippen molar-refractivity contribution in [2.45, 2.75) is 32.6 Å². The highest BCUT2D eigenvalue weighted by Gasteiger charge is 2.24. The number of anilines is 2. The molecule has 1 aliphatic carbocycles. The van der Waals surface area contributed by atoms with Gasteiger partial charge in [0, 0.05) is 25.8 Å². The number of benzene rings is 1. The van der Waals surface area contributed by atoms with Gasteiger partial charge in [0.1, 0.15) is 0 Å². The van der Waals surface area contributed by atoms with Gasteiger partial charge in [0.25, 0.3) is 0 Å². The summed E-state index contributed by atoms with van der Waals surface area (Å²) >= 11 is 0. The van der Waals surface area contributed by atoms with Crippen molar-refractivity contribution in [2.75, 3.05) is 29.9 Å². The first kappa shape index (κ1) is 16.1. The lowest BCUT2D eigenvalue weighted by Crippen LogP contribution is -2.35. The second-order valence-electron chi connectivity index (χ2n) is 6.78. The smallest absolute Gasteiger partial charge is 0.248 e. The molecular formula is C19H26N2O2. The predicted octanol–water partition coefficient (Wildman–Crippen LogP) is 3.19. The molecular weight excluding hydrogens is 288 g/mol. The third kappa shape index (κ3) is 4.14. The van der Waals surface area contributed by atoms with Crippen LogP contribution in [0.5, 0.6) is 0 Å². The molecule has 0 bridgehead atoms. The van der Waals surface area contributed by atoms with Gasteiger partial charge in [-0.3, -0.25) is 4.79 Å². The highest BCUT2D eigenvalue weighted by molar-refractivity contribution is 6.02. The molecule has 124 valence electrons. The number of aliphatic hydroxyl groups is 1. The van der Waals surface area contributed by atoms with Gasteiger partial charge in [0.05, 0.1) is 11.4 Å². The van der Waals surface area contributed by atoms with Crippen LogP contribution in [0.2, 0.25) is 0 Å². The molecule has 23 heavy (non-hydrogen) atoms. The Labute approximate surface area is 138 Å². The van der Waals surface area contributed by atoms with Gasteiger partial charge >= 0.3 is 0 Å². The van der Waals surface area contributed by atoms with E-state index in [4.69, 9.17) is 0 Å². The highest BCUT2D eigenvalue weighted by Crippen LogP contribution is 2.36. The van der Waals surface area contributed by atoms with Crippen LogP contribution in [0.15, 0.2) is 35.9 Å². The molecule has 1 saturated carbocycles. The number of carbonyl (C=O) groups is 1. The number of carbonyl (C=O) groups excluding carboxylic acids is 1. The quantitative estimate of drug-likeness (QED) is 0.821. The van der Waals surface area contributed by atoms with E-state index in [1.165, 1.54) is 18.4 Å². The number of amides is 1. The maximum atomic E-state index is 12.2. The summed E-state index contributed by atoms with van der Waals surface area (Å²) in [5, 5.41) is 12.3. The van der Waals surface area contributed by atoms with Gasteiger partial charge in [0.2, 0.25) is 5.91 Å². The summed E-state index contributed by atoms with van der Waals surface area (Å²) in [5.41, 5.74) is 3.14. The van der Waals surface area contributed by atoms with Crippen molar-refractivity contribution in [3.05, 3.63) is 35.9 Å². The van der Waals surface area contributed by atoms with Gasteiger partial charge in [-0.05, 0) is 56.6 Å². The largest absolute Gasteiger partial charge is 0.396 e. The molecule has 0 atom stereocenters. The molecule has 0 aromatic heterocycles. The highest BCUT2D eigenvalue weighted by atomic mass is 16.3. The minimum atomic E-state index is -0.0351. The lowest BCUT2D eigenvalue weighted by atomic mass is 9.97. The molecule has 2 fully saturated rings. The summed E-state index contributed by atoms with van der Waals surface area (Å²) in [6.45, 7) is 4.17. The van der Waals surface area contributed by atoms with Crippen LogP contribution in [0.4, 0.5) is 11.4 Å². The fraction of sp³-hybridized carbons (Fsp3) is 0.526. The van der Waals surface area contributed by atoms with Gasteiger partial charge < -0.3 is 15.3 Å². The molecule has 1 amide bonds. The number of nitrogens with zero attached hydrogens (tertiary/aromatic N) is 1. The molecule has 1 heterocycles. The fourth-order valence-corrected chi connectivity index (χ4v) is 3.24. The summed E-state index contributed by atoms with van der Waals surface area (Å²) in [4.78, 5) is 14.6. The zero-order chi connectivity index (χ0) is 16.2. The van der Waals surface area contributed by atoms with Crippen LogP contribution in [0.25, 0.3) is 0 Å². The first-order chi connectivity index (χ1) is 11.2. The topological polar surface area (TPSA) is 52.6 Å². The molecule has 0 spiro atoms. The number of hydrogen-bond donors (Lipinski definition) is 2. The molecule has 2 aliphatic rings. The second kappa shape index (κ2) is 7.18. The third-order valence-corrected chi connectivity index (χ3v) is 4.96. The fourth-order valence-electron chi connectivity index (χ4n) is 3.24. The van der Waals surface area contributed by atoms with Gasteiger partial charge in [0.15, 0.2) is 0 Å². The Bertz CT molecular complexity index is 585. The predicted molar refractivity (Wildman–Crippen MR) is 93.6 cm³/mol. The van der Waals surface area contributed by atoms with E-state index in [0.29, 0.717) is 11.8 Å². The third-order valence-electron chi connectivity index (χ3n) is 4.96. The van der Waals surface area contributed by atoms with Gasteiger partial charge in [-0.1, -0.05) is 17.7 Å². The second-order valence-corrected chi connectivity index (χ2v) is 6.78. The van der Waals surface area contributed by atoms with Crippen molar-refractivity contribution in [1.82, 2.24) is 0 Å². The standard InChI is InChI=1S/C19H26N2O2/c1-14(16-6-7-16)12-19(23)20-17-4-2-3-5-18(17)21-10-8-15(13-22)9-11-21/h2-5,12,15-16,22H,6-11,13H2,1H3,(H,20,23). The van der Waals surface area contributed by atoms with E-state index in [-0.39, 0.29) is 12.5 Å². The molecule has 1 aromatic carbocycles. The number of aliphatic hydroxyl groups excluding tert-OH is 1. The van der Waals surface area contributed by atoms with E-state index in [9.17, 15) is 9.90 Å². The van der Waals surface area contributed by atoms with Crippen molar-refractivity contribution in [2.24, 2.45) is 11.8 Å². The van der Waals surface area contributed by atoms with E-state index >= 15 is 0 Å². The van der Waals surface area contributed by atoms with Crippen LogP contribution >= 0.6 is 0 Å². The van der Waals surface area contributed by atoms with E-state index in [0.717, 1.165) is 37.3 Å². The lowest BCUT2D eigenvalue weighted by Gasteiger charge is -2.34. The molecule has 0 unspecified atom stereocenters. The van der Waals surface area contributed by atoms with Crippen LogP contribution in [0.1, 0.15) is 32.6 Å². The number of nitrogens with one attached hydrogen (secondary N) is 1. The summed E-state index contributed by atoms with van der Waals surface area (Å²) in [6.07, 6.45) is 6.17. The van der Waals surface area contributed by atoms with Crippen molar-refractivity contribution in [1.29, 1.82) is 0 Å². The van der Waals surface area contributed by atoms with Crippen LogP contribution in [-0.4, -0.2) is 30.7 Å². The van der Waals surface area contributed by atoms with Gasteiger partial charge in [-0.25, -0.2) is 0 Å². The molecule has 4 heteroatoms. The molecule has 1 aliphatic heterocycles. The molecule has 3 rings (SSSR count). The van der Waals surface area contributed by atoms with Crippen LogP contribution in [0.3, 0.4) is 0 Å². The summed E-state index contributed by atoms with van der Waals surface area (Å²) in [5.74, 6) is 0.998. The number of para-hydroxylation sites is 2. The molecule has 2 N–H and O–H groups in total. The van der Waals surface area contributed by atoms with Crippen molar-refractivity contribution >= 4 is 17.3 Å². The summed E-state index contributed by atoms with van der Waals surface area (Å²) < 4.78 is 0. The van der Waals surface area contributed by atoms with E-state index in [1.54, 1.807) is 6.08 Å². The van der Waals surface area contributed by atoms with Crippen molar-refractivity contribution in [3.63, 3.8) is 0 Å².